The van der Waals surface area contributed by atoms with E-state index < -0.39 is 0 Å². The molecule has 0 saturated carbocycles. The van der Waals surface area contributed by atoms with Crippen LogP contribution in [0.5, 0.6) is 0 Å². The van der Waals surface area contributed by atoms with E-state index in [0.29, 0.717) is 19.4 Å². The number of hydrogen-bond acceptors (Lipinski definition) is 4. The molecule has 0 heterocycles. The van der Waals surface area contributed by atoms with Crippen LogP contribution in [-0.4, -0.2) is 37.7 Å². The van der Waals surface area contributed by atoms with Gasteiger partial charge < -0.3 is 14.4 Å². The number of rotatable bonds is 7. The van der Waals surface area contributed by atoms with Gasteiger partial charge in [-0.2, -0.15) is 0 Å². The number of methoxy groups -OCH3 is 1. The summed E-state index contributed by atoms with van der Waals surface area (Å²) in [5, 5.41) is 0. The van der Waals surface area contributed by atoms with E-state index in [0.717, 1.165) is 12.0 Å². The Morgan fingerprint density at radius 1 is 1.15 bits per heavy atom. The predicted octanol–water partition coefficient (Wildman–Crippen LogP) is 2.60. The topological polar surface area (TPSA) is 55.8 Å². The van der Waals surface area contributed by atoms with Gasteiger partial charge in [0.1, 0.15) is 6.61 Å². The van der Waals surface area contributed by atoms with Gasteiger partial charge in [-0.1, -0.05) is 30.3 Å². The van der Waals surface area contributed by atoms with Crippen LogP contribution in [0.4, 0.5) is 4.79 Å². The third-order valence-electron chi connectivity index (χ3n) is 2.87. The van der Waals surface area contributed by atoms with Gasteiger partial charge in [0.2, 0.25) is 0 Å². The van der Waals surface area contributed by atoms with Crippen molar-refractivity contribution in [3.05, 3.63) is 35.9 Å². The fraction of sp³-hybridized carbons (Fsp3) is 0.467. The molecule has 0 unspecified atom stereocenters. The molecular weight excluding hydrogens is 258 g/mol. The number of esters is 1. The van der Waals surface area contributed by atoms with Gasteiger partial charge in [-0.3, -0.25) is 4.79 Å². The summed E-state index contributed by atoms with van der Waals surface area (Å²) in [6.45, 7) is 0.830. The molecule has 5 nitrogen and oxygen atoms in total. The molecule has 20 heavy (non-hydrogen) atoms. The van der Waals surface area contributed by atoms with Crippen LogP contribution in [-0.2, 0) is 20.9 Å². The molecule has 0 aliphatic heterocycles. The molecule has 1 amide bonds. The van der Waals surface area contributed by atoms with Crippen molar-refractivity contribution in [1.29, 1.82) is 0 Å². The highest BCUT2D eigenvalue weighted by Crippen LogP contribution is 2.04. The highest BCUT2D eigenvalue weighted by molar-refractivity contribution is 5.69. The van der Waals surface area contributed by atoms with E-state index in [1.165, 1.54) is 12.0 Å². The zero-order valence-corrected chi connectivity index (χ0v) is 12.0. The van der Waals surface area contributed by atoms with Crippen molar-refractivity contribution in [2.75, 3.05) is 20.7 Å². The summed E-state index contributed by atoms with van der Waals surface area (Å²) in [5.74, 6) is -0.223. The van der Waals surface area contributed by atoms with Crippen molar-refractivity contribution < 1.29 is 19.1 Å². The fourth-order valence-electron chi connectivity index (χ4n) is 1.64. The monoisotopic (exact) mass is 279 g/mol. The van der Waals surface area contributed by atoms with Crippen LogP contribution in [0.3, 0.4) is 0 Å². The quantitative estimate of drug-likeness (QED) is 0.568. The molecule has 5 heteroatoms. The van der Waals surface area contributed by atoms with Crippen molar-refractivity contribution in [2.45, 2.75) is 25.9 Å². The summed E-state index contributed by atoms with van der Waals surface area (Å²) in [4.78, 5) is 24.1. The minimum Gasteiger partial charge on any atom is -0.469 e. The minimum atomic E-state index is -0.355. The number of ether oxygens (including phenoxy) is 2. The Labute approximate surface area is 119 Å². The van der Waals surface area contributed by atoms with Gasteiger partial charge in [-0.25, -0.2) is 4.79 Å². The highest BCUT2D eigenvalue weighted by atomic mass is 16.6. The largest absolute Gasteiger partial charge is 0.469 e. The lowest BCUT2D eigenvalue weighted by molar-refractivity contribution is -0.140. The van der Waals surface area contributed by atoms with Crippen molar-refractivity contribution in [3.8, 4) is 0 Å². The minimum absolute atomic E-state index is 0.223. The summed E-state index contributed by atoms with van der Waals surface area (Å²) in [6, 6.07) is 9.53. The van der Waals surface area contributed by atoms with Gasteiger partial charge in [0, 0.05) is 20.0 Å². The fourth-order valence-corrected chi connectivity index (χ4v) is 1.64. The van der Waals surface area contributed by atoms with E-state index in [4.69, 9.17) is 4.74 Å². The molecule has 0 saturated heterocycles. The zero-order valence-electron chi connectivity index (χ0n) is 12.0. The molecule has 1 rings (SSSR count). The Morgan fingerprint density at radius 2 is 1.85 bits per heavy atom. The van der Waals surface area contributed by atoms with Gasteiger partial charge in [-0.15, -0.1) is 0 Å². The molecule has 0 aliphatic carbocycles. The number of hydrogen-bond donors (Lipinski definition) is 0. The van der Waals surface area contributed by atoms with Gasteiger partial charge in [0.05, 0.1) is 7.11 Å². The first-order valence-corrected chi connectivity index (χ1v) is 6.62. The molecule has 0 aromatic heterocycles. The summed E-state index contributed by atoms with van der Waals surface area (Å²) >= 11 is 0. The van der Waals surface area contributed by atoms with Crippen molar-refractivity contribution in [2.24, 2.45) is 0 Å². The number of benzene rings is 1. The Morgan fingerprint density at radius 3 is 2.50 bits per heavy atom. The van der Waals surface area contributed by atoms with Crippen LogP contribution < -0.4 is 0 Å². The molecule has 0 bridgehead atoms. The number of carbonyl (C=O) groups is 2. The zero-order chi connectivity index (χ0) is 14.8. The SMILES string of the molecule is COC(=O)CCCCN(C)C(=O)OCc1ccccc1. The third kappa shape index (κ3) is 6.22. The maximum absolute atomic E-state index is 11.7. The molecular formula is C15H21NO4. The Kier molecular flexibility index (Phi) is 7.17. The standard InChI is InChI=1S/C15H21NO4/c1-16(11-7-6-10-14(17)19-2)15(18)20-12-13-8-4-3-5-9-13/h3-5,8-9H,6-7,10-12H2,1-2H3. The Hall–Kier alpha value is -2.04. The summed E-state index contributed by atoms with van der Waals surface area (Å²) in [7, 11) is 3.06. The number of unbranched alkanes of at least 4 members (excludes halogenated alkanes) is 1. The molecule has 0 atom stereocenters. The second kappa shape index (κ2) is 8.96. The second-order valence-corrected chi connectivity index (χ2v) is 4.49. The molecule has 0 fully saturated rings. The van der Waals surface area contributed by atoms with Crippen molar-refractivity contribution in [3.63, 3.8) is 0 Å². The van der Waals surface area contributed by atoms with E-state index in [9.17, 15) is 9.59 Å². The summed E-state index contributed by atoms with van der Waals surface area (Å²) < 4.78 is 9.73. The Bertz CT molecular complexity index is 419. The first kappa shape index (κ1) is 16.0. The summed E-state index contributed by atoms with van der Waals surface area (Å²) in [5.41, 5.74) is 0.958. The number of amides is 1. The van der Waals surface area contributed by atoms with E-state index >= 15 is 0 Å². The number of nitrogens with zero attached hydrogens (tertiary/aromatic N) is 1. The molecule has 0 aliphatic rings. The maximum Gasteiger partial charge on any atom is 0.409 e. The van der Waals surface area contributed by atoms with Crippen LogP contribution in [0.2, 0.25) is 0 Å². The first-order valence-electron chi connectivity index (χ1n) is 6.62. The van der Waals surface area contributed by atoms with E-state index in [-0.39, 0.29) is 18.7 Å². The Balaban J connectivity index is 2.17. The molecule has 110 valence electrons. The van der Waals surface area contributed by atoms with E-state index in [1.54, 1.807) is 7.05 Å². The first-order chi connectivity index (χ1) is 9.63. The average molecular weight is 279 g/mol. The van der Waals surface area contributed by atoms with Crippen LogP contribution in [0, 0.1) is 0 Å². The molecule has 0 radical (unpaired) electrons. The van der Waals surface area contributed by atoms with Crippen LogP contribution in [0.25, 0.3) is 0 Å². The van der Waals surface area contributed by atoms with E-state index in [1.807, 2.05) is 30.3 Å². The molecule has 1 aromatic carbocycles. The average Bonchev–Trinajstić information content (AvgIpc) is 2.49. The van der Waals surface area contributed by atoms with E-state index in [2.05, 4.69) is 4.74 Å². The molecule has 0 spiro atoms. The van der Waals surface area contributed by atoms with Crippen LogP contribution in [0.15, 0.2) is 30.3 Å². The molecule has 0 N–H and O–H groups in total. The maximum atomic E-state index is 11.7. The highest BCUT2D eigenvalue weighted by Gasteiger charge is 2.10. The molecule has 1 aromatic rings. The van der Waals surface area contributed by atoms with Gasteiger partial charge in [0.25, 0.3) is 0 Å². The third-order valence-corrected chi connectivity index (χ3v) is 2.87. The van der Waals surface area contributed by atoms with Crippen molar-refractivity contribution >= 4 is 12.1 Å². The second-order valence-electron chi connectivity index (χ2n) is 4.49. The van der Waals surface area contributed by atoms with Crippen molar-refractivity contribution in [1.82, 2.24) is 4.90 Å². The van der Waals surface area contributed by atoms with Gasteiger partial charge in [-0.05, 0) is 18.4 Å². The normalized spacial score (nSPS) is 9.90. The van der Waals surface area contributed by atoms with Gasteiger partial charge in [0.15, 0.2) is 0 Å². The smallest absolute Gasteiger partial charge is 0.409 e. The lowest BCUT2D eigenvalue weighted by Gasteiger charge is -2.16. The number of carbonyl (C=O) groups excluding carboxylic acids is 2. The van der Waals surface area contributed by atoms with Crippen LogP contribution in [0.1, 0.15) is 24.8 Å². The summed E-state index contributed by atoms with van der Waals surface area (Å²) in [6.07, 6.45) is 1.46. The predicted molar refractivity (Wildman–Crippen MR) is 75.1 cm³/mol. The van der Waals surface area contributed by atoms with Crippen LogP contribution >= 0.6 is 0 Å². The lowest BCUT2D eigenvalue weighted by atomic mass is 10.2. The van der Waals surface area contributed by atoms with Gasteiger partial charge >= 0.3 is 12.1 Å². The lowest BCUT2D eigenvalue weighted by Crippen LogP contribution is -2.28.